The predicted octanol–water partition coefficient (Wildman–Crippen LogP) is 1.11. The summed E-state index contributed by atoms with van der Waals surface area (Å²) in [6.07, 6.45) is 3.25. The van der Waals surface area contributed by atoms with Gasteiger partial charge >= 0.3 is 0 Å². The van der Waals surface area contributed by atoms with E-state index in [4.69, 9.17) is 4.74 Å². The number of methoxy groups -OCH3 is 1. The van der Waals surface area contributed by atoms with Crippen molar-refractivity contribution in [1.29, 1.82) is 0 Å². The van der Waals surface area contributed by atoms with Gasteiger partial charge in [0.15, 0.2) is 0 Å². The van der Waals surface area contributed by atoms with Crippen LogP contribution >= 0.6 is 0 Å². The van der Waals surface area contributed by atoms with E-state index in [-0.39, 0.29) is 6.67 Å². The average molecular weight is 161 g/mol. The van der Waals surface area contributed by atoms with E-state index in [9.17, 15) is 4.39 Å². The van der Waals surface area contributed by atoms with Crippen LogP contribution < -0.4 is 5.32 Å². The molecule has 0 unspecified atom stereocenters. The molecule has 0 atom stereocenters. The van der Waals surface area contributed by atoms with Crippen LogP contribution in [-0.4, -0.2) is 32.5 Å². The molecule has 0 aromatic rings. The van der Waals surface area contributed by atoms with Crippen LogP contribution in [0, 0.1) is 0 Å². The van der Waals surface area contributed by atoms with E-state index in [2.05, 4.69) is 5.32 Å². The maximum atomic E-state index is 11.6. The van der Waals surface area contributed by atoms with Crippen LogP contribution in [0.3, 0.4) is 0 Å². The summed E-state index contributed by atoms with van der Waals surface area (Å²) < 4.78 is 16.8. The second-order valence-corrected chi connectivity index (χ2v) is 3.02. The van der Waals surface area contributed by atoms with Gasteiger partial charge in [-0.3, -0.25) is 4.39 Å². The van der Waals surface area contributed by atoms with Gasteiger partial charge in [0.25, 0.3) is 0 Å². The SMILES string of the molecule is COC1CC(NCCCF)C1. The summed E-state index contributed by atoms with van der Waals surface area (Å²) in [7, 11) is 1.74. The molecule has 0 heterocycles. The van der Waals surface area contributed by atoms with Gasteiger partial charge in [-0.2, -0.15) is 0 Å². The van der Waals surface area contributed by atoms with E-state index in [0.717, 1.165) is 19.4 Å². The highest BCUT2D eigenvalue weighted by atomic mass is 19.1. The fourth-order valence-electron chi connectivity index (χ4n) is 1.30. The van der Waals surface area contributed by atoms with Crippen molar-refractivity contribution in [2.45, 2.75) is 31.4 Å². The molecule has 0 aromatic carbocycles. The fraction of sp³-hybridized carbons (Fsp3) is 1.00. The monoisotopic (exact) mass is 161 g/mol. The Bertz CT molecular complexity index is 104. The highest BCUT2D eigenvalue weighted by Gasteiger charge is 2.27. The zero-order chi connectivity index (χ0) is 8.10. The van der Waals surface area contributed by atoms with Gasteiger partial charge in [-0.1, -0.05) is 0 Å². The molecule has 0 aromatic heterocycles. The second-order valence-electron chi connectivity index (χ2n) is 3.02. The predicted molar refractivity (Wildman–Crippen MR) is 42.4 cm³/mol. The summed E-state index contributed by atoms with van der Waals surface area (Å²) in [5.74, 6) is 0. The van der Waals surface area contributed by atoms with Gasteiger partial charge in [0.05, 0.1) is 12.8 Å². The maximum absolute atomic E-state index is 11.6. The third kappa shape index (κ3) is 2.75. The van der Waals surface area contributed by atoms with Gasteiger partial charge in [-0.25, -0.2) is 0 Å². The van der Waals surface area contributed by atoms with E-state index in [1.165, 1.54) is 0 Å². The van der Waals surface area contributed by atoms with Crippen LogP contribution in [0.15, 0.2) is 0 Å². The molecule has 1 aliphatic rings. The molecule has 1 saturated carbocycles. The number of ether oxygens (including phenoxy) is 1. The Hall–Kier alpha value is -0.150. The Morgan fingerprint density at radius 2 is 2.27 bits per heavy atom. The molecule has 0 spiro atoms. The Labute approximate surface area is 67.1 Å². The Morgan fingerprint density at radius 1 is 1.55 bits per heavy atom. The summed E-state index contributed by atoms with van der Waals surface area (Å²) in [6.45, 7) is 0.588. The summed E-state index contributed by atoms with van der Waals surface area (Å²) in [6, 6.07) is 0.575. The summed E-state index contributed by atoms with van der Waals surface area (Å²) in [4.78, 5) is 0. The summed E-state index contributed by atoms with van der Waals surface area (Å²) >= 11 is 0. The third-order valence-electron chi connectivity index (χ3n) is 2.17. The molecule has 3 heteroatoms. The molecule has 2 nitrogen and oxygen atoms in total. The topological polar surface area (TPSA) is 21.3 Å². The van der Waals surface area contributed by atoms with Gasteiger partial charge in [0.1, 0.15) is 0 Å². The molecule has 1 fully saturated rings. The number of nitrogens with one attached hydrogen (secondary N) is 1. The van der Waals surface area contributed by atoms with Crippen molar-refractivity contribution in [2.75, 3.05) is 20.3 Å². The Kier molecular flexibility index (Phi) is 3.80. The molecule has 1 aliphatic carbocycles. The zero-order valence-corrected chi connectivity index (χ0v) is 6.98. The first-order chi connectivity index (χ1) is 5.36. The van der Waals surface area contributed by atoms with Crippen molar-refractivity contribution in [3.8, 4) is 0 Å². The van der Waals surface area contributed by atoms with Crippen molar-refractivity contribution in [3.05, 3.63) is 0 Å². The van der Waals surface area contributed by atoms with Crippen molar-refractivity contribution in [3.63, 3.8) is 0 Å². The number of hydrogen-bond donors (Lipinski definition) is 1. The van der Waals surface area contributed by atoms with Gasteiger partial charge < -0.3 is 10.1 Å². The van der Waals surface area contributed by atoms with Crippen molar-refractivity contribution >= 4 is 0 Å². The standard InChI is InChI=1S/C8H16FNO/c1-11-8-5-7(6-8)10-4-2-3-9/h7-8,10H,2-6H2,1H3. The van der Waals surface area contributed by atoms with Gasteiger partial charge in [-0.05, 0) is 25.8 Å². The normalized spacial score (nSPS) is 30.0. The average Bonchev–Trinajstić information content (AvgIpc) is 1.94. The quantitative estimate of drug-likeness (QED) is 0.610. The molecule has 66 valence electrons. The molecular formula is C8H16FNO. The zero-order valence-electron chi connectivity index (χ0n) is 6.98. The lowest BCUT2D eigenvalue weighted by Crippen LogP contribution is -2.45. The van der Waals surface area contributed by atoms with Crippen molar-refractivity contribution in [2.24, 2.45) is 0 Å². The molecular weight excluding hydrogens is 145 g/mol. The lowest BCUT2D eigenvalue weighted by molar-refractivity contribution is 0.0174. The highest BCUT2D eigenvalue weighted by Crippen LogP contribution is 2.22. The fourth-order valence-corrected chi connectivity index (χ4v) is 1.30. The van der Waals surface area contributed by atoms with Gasteiger partial charge in [-0.15, -0.1) is 0 Å². The number of alkyl halides is 1. The molecule has 0 aliphatic heterocycles. The molecule has 0 bridgehead atoms. The van der Waals surface area contributed by atoms with E-state index >= 15 is 0 Å². The number of hydrogen-bond acceptors (Lipinski definition) is 2. The second kappa shape index (κ2) is 4.67. The Balaban J connectivity index is 1.88. The first-order valence-corrected chi connectivity index (χ1v) is 4.19. The van der Waals surface area contributed by atoms with Crippen LogP contribution in [0.25, 0.3) is 0 Å². The van der Waals surface area contributed by atoms with E-state index < -0.39 is 0 Å². The summed E-state index contributed by atoms with van der Waals surface area (Å²) in [5, 5.41) is 3.26. The van der Waals surface area contributed by atoms with E-state index in [1.807, 2.05) is 0 Å². The van der Waals surface area contributed by atoms with Gasteiger partial charge in [0, 0.05) is 13.2 Å². The van der Waals surface area contributed by atoms with Crippen molar-refractivity contribution in [1.82, 2.24) is 5.32 Å². The van der Waals surface area contributed by atoms with Gasteiger partial charge in [0.2, 0.25) is 0 Å². The third-order valence-corrected chi connectivity index (χ3v) is 2.17. The lowest BCUT2D eigenvalue weighted by Gasteiger charge is -2.34. The number of halogens is 1. The van der Waals surface area contributed by atoms with Crippen LogP contribution in [-0.2, 0) is 4.74 Å². The molecule has 0 saturated heterocycles. The summed E-state index contributed by atoms with van der Waals surface area (Å²) in [5.41, 5.74) is 0. The minimum absolute atomic E-state index is 0.215. The first-order valence-electron chi connectivity index (χ1n) is 4.19. The highest BCUT2D eigenvalue weighted by molar-refractivity contribution is 4.85. The smallest absolute Gasteiger partial charge is 0.0906 e. The molecule has 0 amide bonds. The van der Waals surface area contributed by atoms with Crippen LogP contribution in [0.2, 0.25) is 0 Å². The maximum Gasteiger partial charge on any atom is 0.0906 e. The molecule has 1 N–H and O–H groups in total. The van der Waals surface area contributed by atoms with E-state index in [1.54, 1.807) is 7.11 Å². The molecule has 11 heavy (non-hydrogen) atoms. The van der Waals surface area contributed by atoms with Crippen LogP contribution in [0.1, 0.15) is 19.3 Å². The lowest BCUT2D eigenvalue weighted by atomic mass is 9.89. The van der Waals surface area contributed by atoms with E-state index in [0.29, 0.717) is 18.6 Å². The minimum Gasteiger partial charge on any atom is -0.381 e. The Morgan fingerprint density at radius 3 is 2.82 bits per heavy atom. The minimum atomic E-state index is -0.215. The largest absolute Gasteiger partial charge is 0.381 e. The van der Waals surface area contributed by atoms with Crippen LogP contribution in [0.4, 0.5) is 4.39 Å². The van der Waals surface area contributed by atoms with Crippen LogP contribution in [0.5, 0.6) is 0 Å². The van der Waals surface area contributed by atoms with Crippen molar-refractivity contribution < 1.29 is 9.13 Å². The number of rotatable bonds is 5. The first kappa shape index (κ1) is 8.94. The molecule has 0 radical (unpaired) electrons. The molecule has 1 rings (SSSR count).